The quantitative estimate of drug-likeness (QED) is 0.531. The predicted molar refractivity (Wildman–Crippen MR) is 94.3 cm³/mol. The van der Waals surface area contributed by atoms with Gasteiger partial charge in [-0.05, 0) is 25.1 Å². The standard InChI is InChI=1S/C19H17N5O2/c1-14(24-9-8-21-13-24)19-22-18(23-26-19)16-5-2-6-17(10-16)25-12-15-4-3-7-20-11-15/h2-11,13-14H,12H2,1H3/t14-/m0/s1. The second kappa shape index (κ2) is 7.18. The van der Waals surface area contributed by atoms with E-state index >= 15 is 0 Å². The van der Waals surface area contributed by atoms with Gasteiger partial charge in [0.2, 0.25) is 11.7 Å². The van der Waals surface area contributed by atoms with Crippen molar-refractivity contribution < 1.29 is 9.26 Å². The van der Waals surface area contributed by atoms with Gasteiger partial charge in [-0.1, -0.05) is 23.4 Å². The lowest BCUT2D eigenvalue weighted by molar-refractivity contribution is 0.306. The van der Waals surface area contributed by atoms with Crippen molar-refractivity contribution in [1.82, 2.24) is 24.7 Å². The third-order valence-corrected chi connectivity index (χ3v) is 3.99. The van der Waals surface area contributed by atoms with Crippen LogP contribution < -0.4 is 4.74 Å². The number of benzene rings is 1. The Morgan fingerprint density at radius 3 is 2.92 bits per heavy atom. The van der Waals surface area contributed by atoms with E-state index in [1.165, 1.54) is 0 Å². The van der Waals surface area contributed by atoms with Crippen LogP contribution in [0.15, 0.2) is 72.0 Å². The van der Waals surface area contributed by atoms with E-state index < -0.39 is 0 Å². The maximum Gasteiger partial charge on any atom is 0.249 e. The molecule has 0 aliphatic carbocycles. The van der Waals surface area contributed by atoms with Gasteiger partial charge < -0.3 is 13.8 Å². The Morgan fingerprint density at radius 1 is 1.15 bits per heavy atom. The fourth-order valence-electron chi connectivity index (χ4n) is 2.52. The number of rotatable bonds is 6. The molecule has 0 N–H and O–H groups in total. The highest BCUT2D eigenvalue weighted by Gasteiger charge is 2.16. The fourth-order valence-corrected chi connectivity index (χ4v) is 2.52. The topological polar surface area (TPSA) is 78.9 Å². The van der Waals surface area contributed by atoms with Crippen LogP contribution in [0.25, 0.3) is 11.4 Å². The van der Waals surface area contributed by atoms with Gasteiger partial charge in [-0.15, -0.1) is 0 Å². The first kappa shape index (κ1) is 16.0. The van der Waals surface area contributed by atoms with E-state index in [0.29, 0.717) is 18.3 Å². The molecule has 7 heteroatoms. The molecule has 1 atom stereocenters. The van der Waals surface area contributed by atoms with Crippen LogP contribution in [0.3, 0.4) is 0 Å². The van der Waals surface area contributed by atoms with Gasteiger partial charge in [0.25, 0.3) is 0 Å². The molecule has 1 aromatic carbocycles. The van der Waals surface area contributed by atoms with E-state index in [-0.39, 0.29) is 6.04 Å². The molecular formula is C19H17N5O2. The van der Waals surface area contributed by atoms with Gasteiger partial charge in [-0.2, -0.15) is 4.98 Å². The van der Waals surface area contributed by atoms with Gasteiger partial charge in [0.1, 0.15) is 18.4 Å². The van der Waals surface area contributed by atoms with E-state index in [2.05, 4.69) is 20.1 Å². The molecule has 0 spiro atoms. The van der Waals surface area contributed by atoms with E-state index in [1.54, 1.807) is 24.9 Å². The average molecular weight is 347 g/mol. The molecule has 0 unspecified atom stereocenters. The highest BCUT2D eigenvalue weighted by Crippen LogP contribution is 2.24. The zero-order valence-corrected chi connectivity index (χ0v) is 14.2. The Bertz CT molecular complexity index is 967. The largest absolute Gasteiger partial charge is 0.489 e. The predicted octanol–water partition coefficient (Wildman–Crippen LogP) is 3.52. The van der Waals surface area contributed by atoms with Crippen molar-refractivity contribution in [3.05, 3.63) is 79.0 Å². The van der Waals surface area contributed by atoms with Crippen molar-refractivity contribution in [2.75, 3.05) is 0 Å². The lowest BCUT2D eigenvalue weighted by Crippen LogP contribution is -2.04. The Hall–Kier alpha value is -3.48. The summed E-state index contributed by atoms with van der Waals surface area (Å²) < 4.78 is 13.2. The van der Waals surface area contributed by atoms with Crippen LogP contribution in [-0.4, -0.2) is 24.7 Å². The normalized spacial score (nSPS) is 12.0. The monoisotopic (exact) mass is 347 g/mol. The first-order chi connectivity index (χ1) is 12.8. The Kier molecular flexibility index (Phi) is 4.42. The van der Waals surface area contributed by atoms with Crippen LogP contribution in [0.1, 0.15) is 24.4 Å². The number of pyridine rings is 1. The molecule has 0 saturated heterocycles. The first-order valence-electron chi connectivity index (χ1n) is 8.23. The SMILES string of the molecule is C[C@@H](c1nc(-c2cccc(OCc3cccnc3)c2)no1)n1ccnc1. The molecule has 0 bridgehead atoms. The summed E-state index contributed by atoms with van der Waals surface area (Å²) in [7, 11) is 0. The van der Waals surface area contributed by atoms with Crippen LogP contribution in [0, 0.1) is 0 Å². The van der Waals surface area contributed by atoms with Gasteiger partial charge in [0.05, 0.1) is 6.33 Å². The first-order valence-corrected chi connectivity index (χ1v) is 8.23. The van der Waals surface area contributed by atoms with Gasteiger partial charge in [-0.3, -0.25) is 4.98 Å². The molecule has 4 rings (SSSR count). The molecule has 7 nitrogen and oxygen atoms in total. The minimum atomic E-state index is -0.0798. The summed E-state index contributed by atoms with van der Waals surface area (Å²) in [4.78, 5) is 12.6. The number of hydrogen-bond acceptors (Lipinski definition) is 6. The molecule has 4 aromatic rings. The zero-order chi connectivity index (χ0) is 17.8. The molecule has 130 valence electrons. The second-order valence-electron chi connectivity index (χ2n) is 5.82. The van der Waals surface area contributed by atoms with Crippen molar-refractivity contribution in [2.24, 2.45) is 0 Å². The molecular weight excluding hydrogens is 330 g/mol. The van der Waals surface area contributed by atoms with Crippen LogP contribution in [-0.2, 0) is 6.61 Å². The fraction of sp³-hybridized carbons (Fsp3) is 0.158. The molecule has 3 aromatic heterocycles. The lowest BCUT2D eigenvalue weighted by Gasteiger charge is -2.07. The van der Waals surface area contributed by atoms with Gasteiger partial charge in [0.15, 0.2) is 0 Å². The maximum absolute atomic E-state index is 5.83. The number of ether oxygens (including phenoxy) is 1. The van der Waals surface area contributed by atoms with E-state index in [4.69, 9.17) is 9.26 Å². The molecule has 0 radical (unpaired) electrons. The number of aromatic nitrogens is 5. The molecule has 0 aliphatic rings. The molecule has 26 heavy (non-hydrogen) atoms. The van der Waals surface area contributed by atoms with Crippen LogP contribution in [0.5, 0.6) is 5.75 Å². The number of imidazole rings is 1. The zero-order valence-electron chi connectivity index (χ0n) is 14.2. The number of hydrogen-bond donors (Lipinski definition) is 0. The van der Waals surface area contributed by atoms with Crippen molar-refractivity contribution in [3.8, 4) is 17.1 Å². The van der Waals surface area contributed by atoms with E-state index in [9.17, 15) is 0 Å². The lowest BCUT2D eigenvalue weighted by atomic mass is 10.2. The highest BCUT2D eigenvalue weighted by molar-refractivity contribution is 5.56. The summed E-state index contributed by atoms with van der Waals surface area (Å²) >= 11 is 0. The summed E-state index contributed by atoms with van der Waals surface area (Å²) in [6.45, 7) is 2.43. The third-order valence-electron chi connectivity index (χ3n) is 3.99. The van der Waals surface area contributed by atoms with Crippen LogP contribution in [0.2, 0.25) is 0 Å². The average Bonchev–Trinajstić information content (AvgIpc) is 3.39. The minimum absolute atomic E-state index is 0.0798. The summed E-state index contributed by atoms with van der Waals surface area (Å²) in [5.74, 6) is 1.79. The van der Waals surface area contributed by atoms with E-state index in [1.807, 2.05) is 54.1 Å². The molecule has 0 saturated carbocycles. The maximum atomic E-state index is 5.83. The number of nitrogens with zero attached hydrogens (tertiary/aromatic N) is 5. The van der Waals surface area contributed by atoms with Crippen molar-refractivity contribution >= 4 is 0 Å². The van der Waals surface area contributed by atoms with Gasteiger partial charge in [0, 0.05) is 35.9 Å². The smallest absolute Gasteiger partial charge is 0.249 e. The Labute approximate surface area is 150 Å². The summed E-state index contributed by atoms with van der Waals surface area (Å²) in [5, 5.41) is 4.09. The minimum Gasteiger partial charge on any atom is -0.489 e. The third kappa shape index (κ3) is 3.46. The van der Waals surface area contributed by atoms with E-state index in [0.717, 1.165) is 16.9 Å². The highest BCUT2D eigenvalue weighted by atomic mass is 16.5. The summed E-state index contributed by atoms with van der Waals surface area (Å²) in [6.07, 6.45) is 8.83. The molecule has 3 heterocycles. The summed E-state index contributed by atoms with van der Waals surface area (Å²) in [6, 6.07) is 11.4. The van der Waals surface area contributed by atoms with Gasteiger partial charge in [-0.25, -0.2) is 4.98 Å². The van der Waals surface area contributed by atoms with Crippen LogP contribution >= 0.6 is 0 Å². The van der Waals surface area contributed by atoms with Gasteiger partial charge >= 0.3 is 0 Å². The molecule has 0 amide bonds. The molecule has 0 aliphatic heterocycles. The second-order valence-corrected chi connectivity index (χ2v) is 5.82. The van der Waals surface area contributed by atoms with Crippen molar-refractivity contribution in [1.29, 1.82) is 0 Å². The summed E-state index contributed by atoms with van der Waals surface area (Å²) in [5.41, 5.74) is 1.84. The van der Waals surface area contributed by atoms with Crippen LogP contribution in [0.4, 0.5) is 0 Å². The van der Waals surface area contributed by atoms with Crippen molar-refractivity contribution in [2.45, 2.75) is 19.6 Å². The molecule has 0 fully saturated rings. The van der Waals surface area contributed by atoms with Crippen molar-refractivity contribution in [3.63, 3.8) is 0 Å². The Balaban J connectivity index is 1.50. The Morgan fingerprint density at radius 2 is 2.12 bits per heavy atom.